The van der Waals surface area contributed by atoms with Crippen LogP contribution < -0.4 is 10.1 Å². The first kappa shape index (κ1) is 17.5. The second-order valence-corrected chi connectivity index (χ2v) is 5.79. The Kier molecular flexibility index (Phi) is 7.27. The van der Waals surface area contributed by atoms with Crippen molar-refractivity contribution in [3.8, 4) is 18.1 Å². The van der Waals surface area contributed by atoms with Crippen molar-refractivity contribution in [2.45, 2.75) is 26.4 Å². The summed E-state index contributed by atoms with van der Waals surface area (Å²) in [6, 6.07) is 5.30. The SMILES string of the molecule is C#CCOc1ccc(Br)cc1CNC(C(=O)OC)C(C)C. The van der Waals surface area contributed by atoms with E-state index in [1.54, 1.807) is 0 Å². The molecule has 0 saturated carbocycles. The zero-order valence-electron chi connectivity index (χ0n) is 12.5. The summed E-state index contributed by atoms with van der Waals surface area (Å²) in [5.41, 5.74) is 0.925. The Morgan fingerprint density at radius 2 is 2.19 bits per heavy atom. The van der Waals surface area contributed by atoms with Gasteiger partial charge in [-0.05, 0) is 24.1 Å². The fourth-order valence-corrected chi connectivity index (χ4v) is 2.29. The van der Waals surface area contributed by atoms with Gasteiger partial charge in [0.25, 0.3) is 0 Å². The first-order valence-corrected chi connectivity index (χ1v) is 7.44. The Morgan fingerprint density at radius 1 is 1.48 bits per heavy atom. The van der Waals surface area contributed by atoms with E-state index < -0.39 is 0 Å². The Hall–Kier alpha value is -1.51. The highest BCUT2D eigenvalue weighted by atomic mass is 79.9. The van der Waals surface area contributed by atoms with Crippen molar-refractivity contribution in [2.75, 3.05) is 13.7 Å². The monoisotopic (exact) mass is 353 g/mol. The second-order valence-electron chi connectivity index (χ2n) is 4.87. The lowest BCUT2D eigenvalue weighted by Crippen LogP contribution is -2.41. The van der Waals surface area contributed by atoms with Crippen molar-refractivity contribution < 1.29 is 14.3 Å². The number of carbonyl (C=O) groups is 1. The minimum absolute atomic E-state index is 0.125. The molecule has 5 heteroatoms. The molecule has 0 aromatic heterocycles. The van der Waals surface area contributed by atoms with Gasteiger partial charge in [0.2, 0.25) is 0 Å². The highest BCUT2D eigenvalue weighted by molar-refractivity contribution is 9.10. The Bertz CT molecular complexity index is 523. The molecular weight excluding hydrogens is 334 g/mol. The number of esters is 1. The van der Waals surface area contributed by atoms with E-state index in [-0.39, 0.29) is 24.5 Å². The van der Waals surface area contributed by atoms with Crippen LogP contribution in [0.4, 0.5) is 0 Å². The molecule has 0 aliphatic heterocycles. The Morgan fingerprint density at radius 3 is 2.76 bits per heavy atom. The van der Waals surface area contributed by atoms with Crippen LogP contribution in [-0.2, 0) is 16.1 Å². The number of benzene rings is 1. The zero-order valence-corrected chi connectivity index (χ0v) is 14.1. The molecule has 0 saturated heterocycles. The van der Waals surface area contributed by atoms with Crippen molar-refractivity contribution in [1.29, 1.82) is 0 Å². The van der Waals surface area contributed by atoms with E-state index in [1.807, 2.05) is 32.0 Å². The molecule has 1 N–H and O–H groups in total. The van der Waals surface area contributed by atoms with Crippen LogP contribution in [0.5, 0.6) is 5.75 Å². The molecule has 0 heterocycles. The average Bonchev–Trinajstić information content (AvgIpc) is 2.45. The van der Waals surface area contributed by atoms with Gasteiger partial charge in [0, 0.05) is 16.6 Å². The molecule has 0 radical (unpaired) electrons. The molecule has 1 atom stereocenters. The molecule has 0 amide bonds. The van der Waals surface area contributed by atoms with Crippen LogP contribution in [-0.4, -0.2) is 25.7 Å². The van der Waals surface area contributed by atoms with E-state index >= 15 is 0 Å². The molecule has 0 aliphatic carbocycles. The van der Waals surface area contributed by atoms with Crippen LogP contribution in [0.1, 0.15) is 19.4 Å². The Balaban J connectivity index is 2.83. The van der Waals surface area contributed by atoms with E-state index in [1.165, 1.54) is 7.11 Å². The number of ether oxygens (including phenoxy) is 2. The third-order valence-corrected chi connectivity index (χ3v) is 3.46. The van der Waals surface area contributed by atoms with Crippen LogP contribution in [0.2, 0.25) is 0 Å². The molecule has 0 aliphatic rings. The lowest BCUT2D eigenvalue weighted by Gasteiger charge is -2.20. The van der Waals surface area contributed by atoms with Gasteiger partial charge in [-0.25, -0.2) is 0 Å². The maximum absolute atomic E-state index is 11.7. The molecule has 1 aromatic carbocycles. The molecule has 1 unspecified atom stereocenters. The van der Waals surface area contributed by atoms with Gasteiger partial charge in [-0.1, -0.05) is 35.7 Å². The smallest absolute Gasteiger partial charge is 0.323 e. The quantitative estimate of drug-likeness (QED) is 0.604. The summed E-state index contributed by atoms with van der Waals surface area (Å²) in [4.78, 5) is 11.7. The van der Waals surface area contributed by atoms with Gasteiger partial charge in [0.05, 0.1) is 7.11 Å². The van der Waals surface area contributed by atoms with Crippen molar-refractivity contribution in [2.24, 2.45) is 5.92 Å². The first-order chi connectivity index (χ1) is 9.99. The predicted molar refractivity (Wildman–Crippen MR) is 86.0 cm³/mol. The number of halogens is 1. The van der Waals surface area contributed by atoms with E-state index in [4.69, 9.17) is 15.9 Å². The summed E-state index contributed by atoms with van der Waals surface area (Å²) in [5.74, 6) is 3.00. The van der Waals surface area contributed by atoms with Gasteiger partial charge in [-0.15, -0.1) is 6.42 Å². The van der Waals surface area contributed by atoms with Crippen LogP contribution in [0.25, 0.3) is 0 Å². The molecule has 1 rings (SSSR count). The van der Waals surface area contributed by atoms with Crippen LogP contribution in [0.15, 0.2) is 22.7 Å². The predicted octanol–water partition coefficient (Wildman–Crippen LogP) is 2.75. The van der Waals surface area contributed by atoms with Gasteiger partial charge in [0.15, 0.2) is 0 Å². The average molecular weight is 354 g/mol. The summed E-state index contributed by atoms with van der Waals surface area (Å²) in [7, 11) is 1.39. The largest absolute Gasteiger partial charge is 0.481 e. The molecule has 0 bridgehead atoms. The number of hydrogen-bond acceptors (Lipinski definition) is 4. The zero-order chi connectivity index (χ0) is 15.8. The minimum Gasteiger partial charge on any atom is -0.481 e. The second kappa shape index (κ2) is 8.71. The molecule has 0 fully saturated rings. The first-order valence-electron chi connectivity index (χ1n) is 6.65. The normalized spacial score (nSPS) is 11.8. The van der Waals surface area contributed by atoms with Gasteiger partial charge in [-0.2, -0.15) is 0 Å². The van der Waals surface area contributed by atoms with Crippen molar-refractivity contribution in [3.63, 3.8) is 0 Å². The van der Waals surface area contributed by atoms with Crippen molar-refractivity contribution in [3.05, 3.63) is 28.2 Å². The number of carbonyl (C=O) groups excluding carboxylic acids is 1. The van der Waals surface area contributed by atoms with E-state index in [2.05, 4.69) is 27.2 Å². The van der Waals surface area contributed by atoms with E-state index in [0.717, 1.165) is 10.0 Å². The molecular formula is C16H20BrNO3. The number of rotatable bonds is 7. The van der Waals surface area contributed by atoms with Gasteiger partial charge < -0.3 is 9.47 Å². The minimum atomic E-state index is -0.366. The third kappa shape index (κ3) is 5.41. The van der Waals surface area contributed by atoms with Crippen LogP contribution >= 0.6 is 15.9 Å². The highest BCUT2D eigenvalue weighted by Gasteiger charge is 2.22. The lowest BCUT2D eigenvalue weighted by atomic mass is 10.0. The third-order valence-electron chi connectivity index (χ3n) is 2.97. The summed E-state index contributed by atoms with van der Waals surface area (Å²) < 4.78 is 11.3. The highest BCUT2D eigenvalue weighted by Crippen LogP contribution is 2.23. The summed E-state index contributed by atoms with van der Waals surface area (Å²) in [6.45, 7) is 4.62. The fraction of sp³-hybridized carbons (Fsp3) is 0.438. The van der Waals surface area contributed by atoms with Gasteiger partial charge in [0.1, 0.15) is 18.4 Å². The van der Waals surface area contributed by atoms with Crippen molar-refractivity contribution >= 4 is 21.9 Å². The number of terminal acetylenes is 1. The number of methoxy groups -OCH3 is 1. The Labute approximate surface area is 134 Å². The maximum atomic E-state index is 11.7. The fourth-order valence-electron chi connectivity index (χ4n) is 1.88. The molecule has 1 aromatic rings. The topological polar surface area (TPSA) is 47.6 Å². The van der Waals surface area contributed by atoms with Crippen LogP contribution in [0.3, 0.4) is 0 Å². The standard InChI is InChI=1S/C16H20BrNO3/c1-5-8-21-14-7-6-13(17)9-12(14)10-18-15(11(2)3)16(19)20-4/h1,6-7,9,11,15,18H,8,10H2,2-4H3. The van der Waals surface area contributed by atoms with Crippen LogP contribution in [0, 0.1) is 18.3 Å². The number of hydrogen-bond donors (Lipinski definition) is 1. The van der Waals surface area contributed by atoms with Gasteiger partial charge >= 0.3 is 5.97 Å². The summed E-state index contributed by atoms with van der Waals surface area (Å²) >= 11 is 3.43. The van der Waals surface area contributed by atoms with E-state index in [9.17, 15) is 4.79 Å². The lowest BCUT2D eigenvalue weighted by molar-refractivity contribution is -0.144. The molecule has 4 nitrogen and oxygen atoms in total. The molecule has 21 heavy (non-hydrogen) atoms. The maximum Gasteiger partial charge on any atom is 0.323 e. The van der Waals surface area contributed by atoms with Gasteiger partial charge in [-0.3, -0.25) is 10.1 Å². The van der Waals surface area contributed by atoms with Crippen molar-refractivity contribution in [1.82, 2.24) is 5.32 Å². The summed E-state index contributed by atoms with van der Waals surface area (Å²) in [6.07, 6.45) is 5.21. The summed E-state index contributed by atoms with van der Waals surface area (Å²) in [5, 5.41) is 3.20. The van der Waals surface area contributed by atoms with E-state index in [0.29, 0.717) is 12.3 Å². The molecule has 0 spiro atoms. The molecule has 114 valence electrons. The number of nitrogens with one attached hydrogen (secondary N) is 1.